The van der Waals surface area contributed by atoms with Crippen LogP contribution in [0.1, 0.15) is 59.8 Å². The predicted molar refractivity (Wildman–Crippen MR) is 81.0 cm³/mol. The van der Waals surface area contributed by atoms with E-state index in [9.17, 15) is 0 Å². The van der Waals surface area contributed by atoms with Crippen LogP contribution in [0.25, 0.3) is 0 Å². The largest absolute Gasteiger partial charge is 0.316 e. The van der Waals surface area contributed by atoms with Crippen molar-refractivity contribution in [2.24, 2.45) is 11.3 Å². The molecule has 0 aromatic carbocycles. The molecule has 1 aliphatic rings. The molecular weight excluding hydrogens is 220 g/mol. The van der Waals surface area contributed by atoms with E-state index in [4.69, 9.17) is 0 Å². The molecule has 1 N–H and O–H groups in total. The zero-order valence-electron chi connectivity index (χ0n) is 13.3. The fourth-order valence-corrected chi connectivity index (χ4v) is 3.37. The minimum Gasteiger partial charge on any atom is -0.316 e. The van der Waals surface area contributed by atoms with Crippen LogP contribution in [0.2, 0.25) is 0 Å². The Hall–Kier alpha value is -0.0800. The number of rotatable bonds is 7. The average Bonchev–Trinajstić information content (AvgIpc) is 2.29. The van der Waals surface area contributed by atoms with E-state index < -0.39 is 0 Å². The first kappa shape index (κ1) is 16.0. The van der Waals surface area contributed by atoms with Crippen LogP contribution in [-0.4, -0.2) is 37.6 Å². The summed E-state index contributed by atoms with van der Waals surface area (Å²) in [5.41, 5.74) is 0.520. The van der Waals surface area contributed by atoms with Crippen molar-refractivity contribution in [1.82, 2.24) is 10.2 Å². The van der Waals surface area contributed by atoms with Crippen LogP contribution in [0, 0.1) is 11.3 Å². The highest BCUT2D eigenvalue weighted by Gasteiger charge is 2.35. The fraction of sp³-hybridized carbons (Fsp3) is 1.00. The van der Waals surface area contributed by atoms with Crippen LogP contribution < -0.4 is 5.32 Å². The molecule has 108 valence electrons. The Morgan fingerprint density at radius 2 is 2.11 bits per heavy atom. The van der Waals surface area contributed by atoms with Gasteiger partial charge in [-0.2, -0.15) is 0 Å². The summed E-state index contributed by atoms with van der Waals surface area (Å²) in [6.45, 7) is 12.9. The lowest BCUT2D eigenvalue weighted by Gasteiger charge is -2.43. The minimum absolute atomic E-state index is 0.520. The van der Waals surface area contributed by atoms with Crippen LogP contribution in [0.4, 0.5) is 0 Å². The molecule has 0 spiro atoms. The van der Waals surface area contributed by atoms with Crippen molar-refractivity contribution in [3.63, 3.8) is 0 Å². The fourth-order valence-electron chi connectivity index (χ4n) is 3.37. The lowest BCUT2D eigenvalue weighted by Crippen LogP contribution is -2.47. The molecule has 1 fully saturated rings. The molecule has 0 bridgehead atoms. The Balaban J connectivity index is 2.60. The Kier molecular flexibility index (Phi) is 6.65. The molecule has 2 unspecified atom stereocenters. The van der Waals surface area contributed by atoms with Crippen LogP contribution in [0.15, 0.2) is 0 Å². The van der Waals surface area contributed by atoms with Gasteiger partial charge in [0.25, 0.3) is 0 Å². The van der Waals surface area contributed by atoms with Crippen molar-refractivity contribution >= 4 is 0 Å². The SMILES string of the molecule is CCCNCC1(CN(C)C(C)C)CCCC(C)C1. The van der Waals surface area contributed by atoms with Gasteiger partial charge in [-0.25, -0.2) is 0 Å². The quantitative estimate of drug-likeness (QED) is 0.699. The molecule has 0 saturated heterocycles. The maximum absolute atomic E-state index is 3.68. The van der Waals surface area contributed by atoms with Crippen molar-refractivity contribution in [2.45, 2.75) is 65.8 Å². The predicted octanol–water partition coefficient (Wildman–Crippen LogP) is 3.52. The van der Waals surface area contributed by atoms with Crippen LogP contribution in [0.3, 0.4) is 0 Å². The molecule has 0 heterocycles. The van der Waals surface area contributed by atoms with E-state index in [0.29, 0.717) is 11.5 Å². The van der Waals surface area contributed by atoms with Gasteiger partial charge in [0.1, 0.15) is 0 Å². The van der Waals surface area contributed by atoms with E-state index in [1.807, 2.05) is 0 Å². The molecular formula is C16H34N2. The molecule has 2 heteroatoms. The first-order valence-corrected chi connectivity index (χ1v) is 7.90. The van der Waals surface area contributed by atoms with Crippen molar-refractivity contribution in [1.29, 1.82) is 0 Å². The first-order chi connectivity index (χ1) is 8.49. The topological polar surface area (TPSA) is 15.3 Å². The van der Waals surface area contributed by atoms with Gasteiger partial charge in [-0.3, -0.25) is 0 Å². The normalized spacial score (nSPS) is 29.2. The summed E-state index contributed by atoms with van der Waals surface area (Å²) in [6, 6.07) is 0.658. The van der Waals surface area contributed by atoms with Gasteiger partial charge in [0, 0.05) is 19.1 Å². The summed E-state index contributed by atoms with van der Waals surface area (Å²) in [6.07, 6.45) is 6.90. The monoisotopic (exact) mass is 254 g/mol. The van der Waals surface area contributed by atoms with Gasteiger partial charge in [-0.15, -0.1) is 0 Å². The highest BCUT2D eigenvalue weighted by atomic mass is 15.1. The number of hydrogen-bond donors (Lipinski definition) is 1. The van der Waals surface area contributed by atoms with Crippen molar-refractivity contribution in [2.75, 3.05) is 26.7 Å². The number of hydrogen-bond acceptors (Lipinski definition) is 2. The number of nitrogens with zero attached hydrogens (tertiary/aromatic N) is 1. The zero-order chi connectivity index (χ0) is 13.6. The standard InChI is InChI=1S/C16H34N2/c1-6-10-17-12-16(13-18(5)14(2)3)9-7-8-15(4)11-16/h14-15,17H,6-13H2,1-5H3. The Morgan fingerprint density at radius 1 is 1.39 bits per heavy atom. The average molecular weight is 254 g/mol. The smallest absolute Gasteiger partial charge is 0.00499 e. The van der Waals surface area contributed by atoms with Gasteiger partial charge >= 0.3 is 0 Å². The van der Waals surface area contributed by atoms with E-state index in [1.165, 1.54) is 51.7 Å². The summed E-state index contributed by atoms with van der Waals surface area (Å²) in [5, 5.41) is 3.68. The van der Waals surface area contributed by atoms with E-state index in [2.05, 4.69) is 45.0 Å². The molecule has 0 aliphatic heterocycles. The van der Waals surface area contributed by atoms with E-state index in [-0.39, 0.29) is 0 Å². The summed E-state index contributed by atoms with van der Waals surface area (Å²) in [5.74, 6) is 0.905. The lowest BCUT2D eigenvalue weighted by molar-refractivity contribution is 0.0794. The lowest BCUT2D eigenvalue weighted by atomic mass is 9.69. The maximum atomic E-state index is 3.68. The van der Waals surface area contributed by atoms with E-state index >= 15 is 0 Å². The third-order valence-electron chi connectivity index (χ3n) is 4.58. The molecule has 18 heavy (non-hydrogen) atoms. The molecule has 1 rings (SSSR count). The van der Waals surface area contributed by atoms with Gasteiger partial charge in [0.05, 0.1) is 0 Å². The van der Waals surface area contributed by atoms with Crippen molar-refractivity contribution < 1.29 is 0 Å². The molecule has 2 nitrogen and oxygen atoms in total. The van der Waals surface area contributed by atoms with Crippen LogP contribution >= 0.6 is 0 Å². The molecule has 2 atom stereocenters. The summed E-state index contributed by atoms with van der Waals surface area (Å²) in [4.78, 5) is 2.53. The van der Waals surface area contributed by atoms with Crippen LogP contribution in [0.5, 0.6) is 0 Å². The Bertz CT molecular complexity index is 227. The molecule has 0 aromatic heterocycles. The van der Waals surface area contributed by atoms with Gasteiger partial charge in [-0.05, 0) is 58.0 Å². The summed E-state index contributed by atoms with van der Waals surface area (Å²) >= 11 is 0. The second-order valence-corrected chi connectivity index (χ2v) is 6.89. The second kappa shape index (κ2) is 7.49. The van der Waals surface area contributed by atoms with Gasteiger partial charge in [-0.1, -0.05) is 26.7 Å². The Labute approximate surface area is 115 Å². The second-order valence-electron chi connectivity index (χ2n) is 6.89. The van der Waals surface area contributed by atoms with Crippen molar-refractivity contribution in [3.05, 3.63) is 0 Å². The van der Waals surface area contributed by atoms with Gasteiger partial charge < -0.3 is 10.2 Å². The van der Waals surface area contributed by atoms with Crippen molar-refractivity contribution in [3.8, 4) is 0 Å². The van der Waals surface area contributed by atoms with E-state index in [0.717, 1.165) is 5.92 Å². The first-order valence-electron chi connectivity index (χ1n) is 7.90. The van der Waals surface area contributed by atoms with Gasteiger partial charge in [0.2, 0.25) is 0 Å². The van der Waals surface area contributed by atoms with Gasteiger partial charge in [0.15, 0.2) is 0 Å². The highest BCUT2D eigenvalue weighted by Crippen LogP contribution is 2.39. The zero-order valence-corrected chi connectivity index (χ0v) is 13.3. The molecule has 0 aromatic rings. The van der Waals surface area contributed by atoms with E-state index in [1.54, 1.807) is 0 Å². The van der Waals surface area contributed by atoms with Crippen LogP contribution in [-0.2, 0) is 0 Å². The summed E-state index contributed by atoms with van der Waals surface area (Å²) < 4.78 is 0. The third kappa shape index (κ3) is 4.89. The molecule has 0 radical (unpaired) electrons. The molecule has 0 amide bonds. The maximum Gasteiger partial charge on any atom is 0.00499 e. The Morgan fingerprint density at radius 3 is 2.67 bits per heavy atom. The molecule has 1 saturated carbocycles. The molecule has 1 aliphatic carbocycles. The minimum atomic E-state index is 0.520. The summed E-state index contributed by atoms with van der Waals surface area (Å²) in [7, 11) is 2.28. The third-order valence-corrected chi connectivity index (χ3v) is 4.58. The highest BCUT2D eigenvalue weighted by molar-refractivity contribution is 4.89. The number of nitrogens with one attached hydrogen (secondary N) is 1.